The molecule has 2 rings (SSSR count). The Morgan fingerprint density at radius 2 is 1.80 bits per heavy atom. The fraction of sp³-hybridized carbons (Fsp3) is 0.167. The van der Waals surface area contributed by atoms with E-state index in [4.69, 9.17) is 16.3 Å². The van der Waals surface area contributed by atoms with Gasteiger partial charge in [-0.25, -0.2) is 0 Å². The van der Waals surface area contributed by atoms with Crippen LogP contribution in [0.25, 0.3) is 0 Å². The monoisotopic (exact) mass is 221 g/mol. The van der Waals surface area contributed by atoms with Crippen LogP contribution in [-0.4, -0.2) is 11.2 Å². The number of ether oxygens (including phenoxy) is 1. The summed E-state index contributed by atoms with van der Waals surface area (Å²) in [5.41, 5.74) is 0. The van der Waals surface area contributed by atoms with Crippen molar-refractivity contribution in [2.45, 2.75) is 6.54 Å². The minimum absolute atomic E-state index is 0.623. The van der Waals surface area contributed by atoms with Gasteiger partial charge in [-0.2, -0.15) is 0 Å². The number of hydrogen-bond donors (Lipinski definition) is 0. The van der Waals surface area contributed by atoms with Crippen LogP contribution >= 0.6 is 11.6 Å². The molecule has 3 heteroatoms. The lowest BCUT2D eigenvalue weighted by molar-refractivity contribution is 0.299. The molecule has 0 spiro atoms. The van der Waals surface area contributed by atoms with Crippen molar-refractivity contribution in [3.8, 4) is 5.75 Å². The molecule has 0 aliphatic heterocycles. The van der Waals surface area contributed by atoms with Crippen LogP contribution in [0.15, 0.2) is 48.8 Å². The van der Waals surface area contributed by atoms with E-state index in [1.807, 2.05) is 48.8 Å². The van der Waals surface area contributed by atoms with E-state index >= 15 is 0 Å². The van der Waals surface area contributed by atoms with Gasteiger partial charge in [-0.3, -0.25) is 0 Å². The van der Waals surface area contributed by atoms with Gasteiger partial charge < -0.3 is 9.30 Å². The second-order valence-electron chi connectivity index (χ2n) is 3.20. The smallest absolute Gasteiger partial charge is 0.137 e. The minimum Gasteiger partial charge on any atom is -0.490 e. The van der Waals surface area contributed by atoms with Crippen molar-refractivity contribution >= 4 is 11.6 Å². The van der Waals surface area contributed by atoms with Gasteiger partial charge in [0.05, 0.1) is 11.6 Å². The first kappa shape index (κ1) is 10.1. The van der Waals surface area contributed by atoms with Crippen LogP contribution in [-0.2, 0) is 6.54 Å². The fourth-order valence-corrected chi connectivity index (χ4v) is 1.53. The summed E-state index contributed by atoms with van der Waals surface area (Å²) in [6.07, 6.45) is 4.02. The molecule has 2 nitrogen and oxygen atoms in total. The number of aromatic nitrogens is 1. The van der Waals surface area contributed by atoms with Crippen LogP contribution in [0.4, 0.5) is 0 Å². The van der Waals surface area contributed by atoms with Gasteiger partial charge in [0.1, 0.15) is 12.4 Å². The van der Waals surface area contributed by atoms with Crippen LogP contribution in [0.5, 0.6) is 5.75 Å². The van der Waals surface area contributed by atoms with Crippen molar-refractivity contribution < 1.29 is 4.74 Å². The molecule has 1 heterocycles. The minimum atomic E-state index is 0.623. The predicted molar refractivity (Wildman–Crippen MR) is 61.4 cm³/mol. The molecule has 0 aliphatic rings. The van der Waals surface area contributed by atoms with Crippen LogP contribution in [0, 0.1) is 0 Å². The molecule has 0 bridgehead atoms. The highest BCUT2D eigenvalue weighted by Gasteiger charge is 1.98. The molecule has 2 aromatic rings. The van der Waals surface area contributed by atoms with E-state index in [1.54, 1.807) is 0 Å². The second-order valence-corrected chi connectivity index (χ2v) is 3.61. The highest BCUT2D eigenvalue weighted by Crippen LogP contribution is 2.22. The first-order chi connectivity index (χ1) is 7.36. The van der Waals surface area contributed by atoms with Crippen molar-refractivity contribution in [2.24, 2.45) is 0 Å². The van der Waals surface area contributed by atoms with Crippen molar-refractivity contribution in [3.05, 3.63) is 53.8 Å². The molecule has 0 N–H and O–H groups in total. The van der Waals surface area contributed by atoms with Crippen molar-refractivity contribution in [3.63, 3.8) is 0 Å². The Labute approximate surface area is 94.1 Å². The maximum atomic E-state index is 5.95. The fourth-order valence-electron chi connectivity index (χ4n) is 1.34. The zero-order valence-corrected chi connectivity index (χ0v) is 9.02. The van der Waals surface area contributed by atoms with Gasteiger partial charge in [-0.1, -0.05) is 23.7 Å². The number of para-hydroxylation sites is 1. The maximum absolute atomic E-state index is 5.95. The van der Waals surface area contributed by atoms with Crippen molar-refractivity contribution in [2.75, 3.05) is 6.61 Å². The Morgan fingerprint density at radius 3 is 2.53 bits per heavy atom. The highest BCUT2D eigenvalue weighted by atomic mass is 35.5. The average molecular weight is 222 g/mol. The molecule has 0 amide bonds. The quantitative estimate of drug-likeness (QED) is 0.773. The van der Waals surface area contributed by atoms with Crippen LogP contribution < -0.4 is 4.74 Å². The molecular weight excluding hydrogens is 210 g/mol. The van der Waals surface area contributed by atoms with E-state index in [-0.39, 0.29) is 0 Å². The van der Waals surface area contributed by atoms with E-state index in [0.717, 1.165) is 12.3 Å². The van der Waals surface area contributed by atoms with Crippen molar-refractivity contribution in [1.29, 1.82) is 0 Å². The largest absolute Gasteiger partial charge is 0.490 e. The molecule has 0 saturated carbocycles. The van der Waals surface area contributed by atoms with Crippen molar-refractivity contribution in [1.82, 2.24) is 4.57 Å². The van der Waals surface area contributed by atoms with Gasteiger partial charge in [0.15, 0.2) is 0 Å². The van der Waals surface area contributed by atoms with E-state index in [1.165, 1.54) is 0 Å². The van der Waals surface area contributed by atoms with Gasteiger partial charge in [0, 0.05) is 12.4 Å². The number of benzene rings is 1. The molecule has 0 unspecified atom stereocenters. The summed E-state index contributed by atoms with van der Waals surface area (Å²) in [5, 5.41) is 0.657. The molecule has 1 aromatic heterocycles. The molecule has 0 atom stereocenters. The third kappa shape index (κ3) is 2.77. The summed E-state index contributed by atoms with van der Waals surface area (Å²) >= 11 is 5.95. The summed E-state index contributed by atoms with van der Waals surface area (Å²) in [7, 11) is 0. The molecular formula is C12H12ClNO. The summed E-state index contributed by atoms with van der Waals surface area (Å²) in [6, 6.07) is 11.5. The van der Waals surface area contributed by atoms with Gasteiger partial charge in [0.25, 0.3) is 0 Å². The Hall–Kier alpha value is -1.41. The summed E-state index contributed by atoms with van der Waals surface area (Å²) < 4.78 is 7.62. The number of rotatable bonds is 4. The third-order valence-corrected chi connectivity index (χ3v) is 2.42. The third-order valence-electron chi connectivity index (χ3n) is 2.11. The number of hydrogen-bond acceptors (Lipinski definition) is 1. The molecule has 0 fully saturated rings. The van der Waals surface area contributed by atoms with Gasteiger partial charge in [-0.15, -0.1) is 0 Å². The average Bonchev–Trinajstić information content (AvgIpc) is 2.74. The Balaban J connectivity index is 1.86. The SMILES string of the molecule is Clc1ccccc1OCCn1cccc1. The molecule has 1 aromatic carbocycles. The van der Waals surface area contributed by atoms with Crippen LogP contribution in [0.1, 0.15) is 0 Å². The first-order valence-electron chi connectivity index (χ1n) is 4.84. The molecule has 78 valence electrons. The zero-order chi connectivity index (χ0) is 10.5. The summed E-state index contributed by atoms with van der Waals surface area (Å²) in [5.74, 6) is 0.742. The Morgan fingerprint density at radius 1 is 1.07 bits per heavy atom. The van der Waals surface area contributed by atoms with E-state index < -0.39 is 0 Å². The van der Waals surface area contributed by atoms with E-state index in [9.17, 15) is 0 Å². The highest BCUT2D eigenvalue weighted by molar-refractivity contribution is 6.32. The number of nitrogens with zero attached hydrogens (tertiary/aromatic N) is 1. The normalized spacial score (nSPS) is 10.2. The molecule has 0 aliphatic carbocycles. The summed E-state index contributed by atoms with van der Waals surface area (Å²) in [4.78, 5) is 0. The predicted octanol–water partition coefficient (Wildman–Crippen LogP) is 3.22. The Kier molecular flexibility index (Phi) is 3.30. The van der Waals surface area contributed by atoms with Gasteiger partial charge in [-0.05, 0) is 24.3 Å². The number of halogens is 1. The zero-order valence-electron chi connectivity index (χ0n) is 8.27. The van der Waals surface area contributed by atoms with E-state index in [2.05, 4.69) is 4.57 Å². The van der Waals surface area contributed by atoms with Crippen LogP contribution in [0.2, 0.25) is 5.02 Å². The lowest BCUT2D eigenvalue weighted by Gasteiger charge is -2.08. The molecule has 15 heavy (non-hydrogen) atoms. The summed E-state index contributed by atoms with van der Waals surface area (Å²) in [6.45, 7) is 1.45. The first-order valence-corrected chi connectivity index (χ1v) is 5.22. The van der Waals surface area contributed by atoms with Gasteiger partial charge in [0.2, 0.25) is 0 Å². The molecule has 0 saturated heterocycles. The lowest BCUT2D eigenvalue weighted by atomic mass is 10.3. The maximum Gasteiger partial charge on any atom is 0.137 e. The second kappa shape index (κ2) is 4.89. The van der Waals surface area contributed by atoms with E-state index in [0.29, 0.717) is 11.6 Å². The molecule has 0 radical (unpaired) electrons. The standard InChI is InChI=1S/C12H12ClNO/c13-11-5-1-2-6-12(11)15-10-9-14-7-3-4-8-14/h1-8H,9-10H2. The van der Waals surface area contributed by atoms with Gasteiger partial charge >= 0.3 is 0 Å². The lowest BCUT2D eigenvalue weighted by Crippen LogP contribution is -2.06. The topological polar surface area (TPSA) is 14.2 Å². The Bertz CT molecular complexity index is 411. The van der Waals surface area contributed by atoms with Crippen LogP contribution in [0.3, 0.4) is 0 Å².